The van der Waals surface area contributed by atoms with E-state index in [4.69, 9.17) is 9.84 Å². The number of ether oxygens (including phenoxy) is 1. The highest BCUT2D eigenvalue weighted by atomic mass is 19.1. The molecule has 0 saturated carbocycles. The van der Waals surface area contributed by atoms with E-state index in [0.29, 0.717) is 0 Å². The van der Waals surface area contributed by atoms with Crippen LogP contribution in [0.2, 0.25) is 0 Å². The van der Waals surface area contributed by atoms with Crippen LogP contribution in [-0.2, 0) is 0 Å². The first-order valence-electron chi connectivity index (χ1n) is 5.19. The zero-order valence-corrected chi connectivity index (χ0v) is 9.55. The molecular formula is C13H10FNO3. The maximum absolute atomic E-state index is 13.5. The number of aromatic nitrogens is 1. The average Bonchev–Trinajstić information content (AvgIpc) is 2.34. The van der Waals surface area contributed by atoms with E-state index in [-0.39, 0.29) is 17.2 Å². The molecule has 2 rings (SSSR count). The topological polar surface area (TPSA) is 59.4 Å². The highest BCUT2D eigenvalue weighted by Crippen LogP contribution is 2.25. The van der Waals surface area contributed by atoms with Crippen LogP contribution in [0.3, 0.4) is 0 Å². The summed E-state index contributed by atoms with van der Waals surface area (Å²) < 4.78 is 18.8. The van der Waals surface area contributed by atoms with E-state index in [1.54, 1.807) is 6.07 Å². The quantitative estimate of drug-likeness (QED) is 0.905. The van der Waals surface area contributed by atoms with Crippen LogP contribution in [-0.4, -0.2) is 16.1 Å². The van der Waals surface area contributed by atoms with Gasteiger partial charge in [0.15, 0.2) is 17.3 Å². The molecule has 0 fully saturated rings. The molecule has 0 spiro atoms. The van der Waals surface area contributed by atoms with Crippen molar-refractivity contribution in [1.82, 2.24) is 4.98 Å². The van der Waals surface area contributed by atoms with Crippen LogP contribution in [0.5, 0.6) is 11.5 Å². The third kappa shape index (κ3) is 2.63. The Bertz CT molecular complexity index is 599. The summed E-state index contributed by atoms with van der Waals surface area (Å²) in [5.74, 6) is -1.39. The monoisotopic (exact) mass is 247 g/mol. The lowest BCUT2D eigenvalue weighted by Crippen LogP contribution is -2.00. The zero-order chi connectivity index (χ0) is 13.1. The van der Waals surface area contributed by atoms with Crippen molar-refractivity contribution in [1.29, 1.82) is 0 Å². The van der Waals surface area contributed by atoms with Crippen molar-refractivity contribution >= 4 is 5.97 Å². The number of hydrogen-bond donors (Lipinski definition) is 1. The Hall–Kier alpha value is -2.43. The number of hydrogen-bond acceptors (Lipinski definition) is 3. The molecule has 0 unspecified atom stereocenters. The summed E-state index contributed by atoms with van der Waals surface area (Å²) in [6.07, 6.45) is 1.30. The zero-order valence-electron chi connectivity index (χ0n) is 9.55. The Labute approximate surface area is 103 Å². The average molecular weight is 247 g/mol. The molecule has 0 bridgehead atoms. The second-order valence-corrected chi connectivity index (χ2v) is 3.72. The van der Waals surface area contributed by atoms with E-state index >= 15 is 0 Å². The highest BCUT2D eigenvalue weighted by Gasteiger charge is 2.08. The van der Waals surface area contributed by atoms with Crippen LogP contribution in [0.15, 0.2) is 36.5 Å². The largest absolute Gasteiger partial charge is 0.477 e. The molecule has 5 heteroatoms. The molecule has 0 atom stereocenters. The van der Waals surface area contributed by atoms with Crippen molar-refractivity contribution in [3.8, 4) is 11.5 Å². The van der Waals surface area contributed by atoms with Crippen LogP contribution < -0.4 is 4.74 Å². The molecule has 1 heterocycles. The van der Waals surface area contributed by atoms with E-state index in [1.165, 1.54) is 30.5 Å². The minimum atomic E-state index is -1.16. The number of carbonyl (C=O) groups is 1. The second-order valence-electron chi connectivity index (χ2n) is 3.72. The van der Waals surface area contributed by atoms with E-state index in [9.17, 15) is 9.18 Å². The van der Waals surface area contributed by atoms with Gasteiger partial charge in [0.05, 0.1) is 0 Å². The van der Waals surface area contributed by atoms with Crippen molar-refractivity contribution in [2.45, 2.75) is 6.92 Å². The normalized spacial score (nSPS) is 10.1. The molecule has 0 saturated heterocycles. The summed E-state index contributed by atoms with van der Waals surface area (Å²) in [6.45, 7) is 1.81. The van der Waals surface area contributed by atoms with Gasteiger partial charge in [0, 0.05) is 12.3 Å². The van der Waals surface area contributed by atoms with Gasteiger partial charge in [0.2, 0.25) is 0 Å². The SMILES string of the molecule is Cc1ccc(F)c(Oc2ccnc(C(=O)O)c2)c1. The van der Waals surface area contributed by atoms with Crippen molar-refractivity contribution in [3.63, 3.8) is 0 Å². The number of pyridine rings is 1. The smallest absolute Gasteiger partial charge is 0.354 e. The highest BCUT2D eigenvalue weighted by molar-refractivity contribution is 5.85. The molecule has 0 amide bonds. The molecular weight excluding hydrogens is 237 g/mol. The molecule has 1 N–H and O–H groups in total. The Morgan fingerprint density at radius 1 is 1.33 bits per heavy atom. The van der Waals surface area contributed by atoms with Crippen LogP contribution in [0.25, 0.3) is 0 Å². The Balaban J connectivity index is 2.31. The van der Waals surface area contributed by atoms with E-state index in [1.807, 2.05) is 6.92 Å². The fourth-order valence-electron chi connectivity index (χ4n) is 1.41. The molecule has 0 aliphatic carbocycles. The van der Waals surface area contributed by atoms with Gasteiger partial charge in [-0.1, -0.05) is 6.07 Å². The van der Waals surface area contributed by atoms with Crippen molar-refractivity contribution < 1.29 is 19.0 Å². The summed E-state index contributed by atoms with van der Waals surface area (Å²) in [7, 11) is 0. The predicted molar refractivity (Wildman–Crippen MR) is 62.4 cm³/mol. The number of halogens is 1. The van der Waals surface area contributed by atoms with Gasteiger partial charge in [-0.15, -0.1) is 0 Å². The van der Waals surface area contributed by atoms with Crippen LogP contribution in [0.1, 0.15) is 16.1 Å². The van der Waals surface area contributed by atoms with Gasteiger partial charge in [-0.2, -0.15) is 0 Å². The van der Waals surface area contributed by atoms with E-state index < -0.39 is 11.8 Å². The third-order valence-electron chi connectivity index (χ3n) is 2.27. The summed E-state index contributed by atoms with van der Waals surface area (Å²) in [5, 5.41) is 8.78. The number of carboxylic acids is 1. The fraction of sp³-hybridized carbons (Fsp3) is 0.0769. The number of aromatic carboxylic acids is 1. The minimum absolute atomic E-state index is 0.0533. The summed E-state index contributed by atoms with van der Waals surface area (Å²) in [5.41, 5.74) is 0.694. The van der Waals surface area contributed by atoms with Gasteiger partial charge in [0.1, 0.15) is 5.75 Å². The number of nitrogens with zero attached hydrogens (tertiary/aromatic N) is 1. The minimum Gasteiger partial charge on any atom is -0.477 e. The standard InChI is InChI=1S/C13H10FNO3/c1-8-2-3-10(14)12(6-8)18-9-4-5-15-11(7-9)13(16)17/h2-7H,1H3,(H,16,17). The lowest BCUT2D eigenvalue weighted by Gasteiger charge is -2.07. The maximum atomic E-state index is 13.5. The van der Waals surface area contributed by atoms with Gasteiger partial charge in [-0.05, 0) is 30.7 Å². The predicted octanol–water partition coefficient (Wildman–Crippen LogP) is 3.02. The van der Waals surface area contributed by atoms with Crippen molar-refractivity contribution in [2.75, 3.05) is 0 Å². The van der Waals surface area contributed by atoms with Crippen molar-refractivity contribution in [2.24, 2.45) is 0 Å². The number of carboxylic acid groups (broad SMARTS) is 1. The molecule has 0 aliphatic heterocycles. The van der Waals surface area contributed by atoms with Gasteiger partial charge in [-0.25, -0.2) is 14.2 Å². The summed E-state index contributed by atoms with van der Waals surface area (Å²) in [6, 6.07) is 7.16. The van der Waals surface area contributed by atoms with Crippen molar-refractivity contribution in [3.05, 3.63) is 53.6 Å². The molecule has 2 aromatic rings. The first kappa shape index (κ1) is 12.0. The third-order valence-corrected chi connectivity index (χ3v) is 2.27. The molecule has 1 aromatic carbocycles. The van der Waals surface area contributed by atoms with Gasteiger partial charge < -0.3 is 9.84 Å². The summed E-state index contributed by atoms with van der Waals surface area (Å²) in [4.78, 5) is 14.4. The first-order valence-corrected chi connectivity index (χ1v) is 5.19. The Morgan fingerprint density at radius 3 is 2.83 bits per heavy atom. The van der Waals surface area contributed by atoms with Crippen LogP contribution in [0.4, 0.5) is 4.39 Å². The number of benzene rings is 1. The molecule has 18 heavy (non-hydrogen) atoms. The molecule has 92 valence electrons. The van der Waals surface area contributed by atoms with E-state index in [0.717, 1.165) is 5.56 Å². The maximum Gasteiger partial charge on any atom is 0.354 e. The number of rotatable bonds is 3. The fourth-order valence-corrected chi connectivity index (χ4v) is 1.41. The van der Waals surface area contributed by atoms with Gasteiger partial charge >= 0.3 is 5.97 Å². The molecule has 1 aromatic heterocycles. The summed E-state index contributed by atoms with van der Waals surface area (Å²) >= 11 is 0. The van der Waals surface area contributed by atoms with Gasteiger partial charge in [0.25, 0.3) is 0 Å². The Morgan fingerprint density at radius 2 is 2.11 bits per heavy atom. The number of aryl methyl sites for hydroxylation is 1. The van der Waals surface area contributed by atoms with Crippen LogP contribution in [0, 0.1) is 12.7 Å². The first-order chi connectivity index (χ1) is 8.56. The molecule has 0 radical (unpaired) electrons. The molecule has 0 aliphatic rings. The van der Waals surface area contributed by atoms with Crippen LogP contribution >= 0.6 is 0 Å². The van der Waals surface area contributed by atoms with E-state index in [2.05, 4.69) is 4.98 Å². The lowest BCUT2D eigenvalue weighted by atomic mass is 10.2. The molecule has 4 nitrogen and oxygen atoms in total. The second kappa shape index (κ2) is 4.83. The lowest BCUT2D eigenvalue weighted by molar-refractivity contribution is 0.0690. The Kier molecular flexibility index (Phi) is 3.23. The van der Waals surface area contributed by atoms with Gasteiger partial charge in [-0.3, -0.25) is 0 Å².